The van der Waals surface area contributed by atoms with Gasteiger partial charge in [-0.25, -0.2) is 4.79 Å². The summed E-state index contributed by atoms with van der Waals surface area (Å²) >= 11 is 0. The van der Waals surface area contributed by atoms with Gasteiger partial charge in [-0.3, -0.25) is 4.79 Å². The lowest BCUT2D eigenvalue weighted by Crippen LogP contribution is -2.31. The average molecular weight is 305 g/mol. The third-order valence-corrected chi connectivity index (χ3v) is 2.66. The SMILES string of the molecule is CCOc1ccc(/C=C/C(=O)OCC(=O)NCC(C)C)cc1. The number of esters is 1. The third-order valence-electron chi connectivity index (χ3n) is 2.66. The zero-order valence-corrected chi connectivity index (χ0v) is 13.3. The normalized spacial score (nSPS) is 10.7. The molecule has 1 N–H and O–H groups in total. The van der Waals surface area contributed by atoms with Crippen molar-refractivity contribution in [3.8, 4) is 5.75 Å². The van der Waals surface area contributed by atoms with Crippen LogP contribution in [0.5, 0.6) is 5.75 Å². The van der Waals surface area contributed by atoms with Crippen LogP contribution in [0.3, 0.4) is 0 Å². The van der Waals surface area contributed by atoms with Gasteiger partial charge in [0, 0.05) is 12.6 Å². The molecule has 5 nitrogen and oxygen atoms in total. The van der Waals surface area contributed by atoms with Crippen molar-refractivity contribution in [3.63, 3.8) is 0 Å². The van der Waals surface area contributed by atoms with Gasteiger partial charge in [-0.15, -0.1) is 0 Å². The third kappa shape index (κ3) is 7.47. The second-order valence-corrected chi connectivity index (χ2v) is 5.14. The summed E-state index contributed by atoms with van der Waals surface area (Å²) in [5.74, 6) is 0.299. The van der Waals surface area contributed by atoms with E-state index in [4.69, 9.17) is 9.47 Å². The summed E-state index contributed by atoms with van der Waals surface area (Å²) in [6, 6.07) is 7.33. The van der Waals surface area contributed by atoms with E-state index in [1.54, 1.807) is 6.08 Å². The van der Waals surface area contributed by atoms with Gasteiger partial charge in [-0.2, -0.15) is 0 Å². The van der Waals surface area contributed by atoms with Crippen molar-refractivity contribution in [1.82, 2.24) is 5.32 Å². The molecule has 1 aromatic rings. The van der Waals surface area contributed by atoms with E-state index in [2.05, 4.69) is 5.32 Å². The molecule has 0 fully saturated rings. The quantitative estimate of drug-likeness (QED) is 0.592. The van der Waals surface area contributed by atoms with E-state index in [0.717, 1.165) is 11.3 Å². The lowest BCUT2D eigenvalue weighted by molar-refractivity contribution is -0.143. The van der Waals surface area contributed by atoms with E-state index in [0.29, 0.717) is 19.1 Å². The zero-order chi connectivity index (χ0) is 16.4. The summed E-state index contributed by atoms with van der Waals surface area (Å²) in [5.41, 5.74) is 0.852. The van der Waals surface area contributed by atoms with Crippen LogP contribution >= 0.6 is 0 Å². The lowest BCUT2D eigenvalue weighted by atomic mass is 10.2. The molecule has 0 aliphatic rings. The van der Waals surface area contributed by atoms with E-state index < -0.39 is 5.97 Å². The lowest BCUT2D eigenvalue weighted by Gasteiger charge is -2.07. The summed E-state index contributed by atoms with van der Waals surface area (Å²) in [6.45, 7) is 6.82. The molecule has 0 saturated heterocycles. The predicted molar refractivity (Wildman–Crippen MR) is 85.5 cm³/mol. The summed E-state index contributed by atoms with van der Waals surface area (Å²) < 4.78 is 10.2. The van der Waals surface area contributed by atoms with Gasteiger partial charge in [-0.05, 0) is 36.6 Å². The van der Waals surface area contributed by atoms with Crippen molar-refractivity contribution in [2.45, 2.75) is 20.8 Å². The standard InChI is InChI=1S/C17H23NO4/c1-4-21-15-8-5-14(6-9-15)7-10-17(20)22-12-16(19)18-11-13(2)3/h5-10,13H,4,11-12H2,1-3H3,(H,18,19)/b10-7+. The Morgan fingerprint density at radius 2 is 1.91 bits per heavy atom. The zero-order valence-electron chi connectivity index (χ0n) is 13.3. The van der Waals surface area contributed by atoms with Gasteiger partial charge in [0.15, 0.2) is 6.61 Å². The second-order valence-electron chi connectivity index (χ2n) is 5.14. The van der Waals surface area contributed by atoms with E-state index in [1.807, 2.05) is 45.0 Å². The molecule has 0 spiro atoms. The molecule has 1 amide bonds. The maximum atomic E-state index is 11.5. The van der Waals surface area contributed by atoms with Crippen LogP contribution in [-0.2, 0) is 14.3 Å². The summed E-state index contributed by atoms with van der Waals surface area (Å²) in [4.78, 5) is 22.9. The first-order valence-electron chi connectivity index (χ1n) is 7.35. The fourth-order valence-corrected chi connectivity index (χ4v) is 1.56. The van der Waals surface area contributed by atoms with Crippen LogP contribution in [0.1, 0.15) is 26.3 Å². The maximum absolute atomic E-state index is 11.5. The highest BCUT2D eigenvalue weighted by Crippen LogP contribution is 2.13. The predicted octanol–water partition coefficient (Wildman–Crippen LogP) is 2.41. The molecule has 0 saturated carbocycles. The van der Waals surface area contributed by atoms with Crippen LogP contribution in [0, 0.1) is 5.92 Å². The molecule has 0 aliphatic carbocycles. The second kappa shape index (κ2) is 9.60. The average Bonchev–Trinajstić information content (AvgIpc) is 2.50. The largest absolute Gasteiger partial charge is 0.494 e. The summed E-state index contributed by atoms with van der Waals surface area (Å²) in [5, 5.41) is 2.68. The van der Waals surface area contributed by atoms with Crippen molar-refractivity contribution in [1.29, 1.82) is 0 Å². The molecule has 120 valence electrons. The molecule has 0 unspecified atom stereocenters. The Labute approximate surface area is 131 Å². The monoisotopic (exact) mass is 305 g/mol. The maximum Gasteiger partial charge on any atom is 0.331 e. The number of carbonyl (C=O) groups is 2. The topological polar surface area (TPSA) is 64.6 Å². The fraction of sp³-hybridized carbons (Fsp3) is 0.412. The van der Waals surface area contributed by atoms with Gasteiger partial charge >= 0.3 is 5.97 Å². The highest BCUT2D eigenvalue weighted by atomic mass is 16.5. The molecule has 0 atom stereocenters. The number of hydrogen-bond acceptors (Lipinski definition) is 4. The Morgan fingerprint density at radius 1 is 1.23 bits per heavy atom. The molecule has 0 heterocycles. The van der Waals surface area contributed by atoms with Crippen LogP contribution in [-0.4, -0.2) is 31.6 Å². The molecular weight excluding hydrogens is 282 g/mol. The van der Waals surface area contributed by atoms with Crippen LogP contribution in [0.4, 0.5) is 0 Å². The van der Waals surface area contributed by atoms with Gasteiger partial charge in [0.1, 0.15) is 5.75 Å². The molecule has 0 aromatic heterocycles. The molecule has 0 bridgehead atoms. The Kier molecular flexibility index (Phi) is 7.75. The number of hydrogen-bond donors (Lipinski definition) is 1. The highest BCUT2D eigenvalue weighted by Gasteiger charge is 2.05. The Balaban J connectivity index is 2.36. The van der Waals surface area contributed by atoms with E-state index in [-0.39, 0.29) is 12.5 Å². The Morgan fingerprint density at radius 3 is 2.50 bits per heavy atom. The van der Waals surface area contributed by atoms with Crippen LogP contribution in [0.25, 0.3) is 6.08 Å². The van der Waals surface area contributed by atoms with Crippen LogP contribution in [0.2, 0.25) is 0 Å². The fourth-order valence-electron chi connectivity index (χ4n) is 1.56. The van der Waals surface area contributed by atoms with Crippen molar-refractivity contribution in [3.05, 3.63) is 35.9 Å². The molecule has 5 heteroatoms. The minimum absolute atomic E-state index is 0.265. The van der Waals surface area contributed by atoms with Crippen LogP contribution < -0.4 is 10.1 Å². The van der Waals surface area contributed by atoms with Gasteiger partial charge in [0.05, 0.1) is 6.61 Å². The summed E-state index contributed by atoms with van der Waals surface area (Å²) in [6.07, 6.45) is 2.93. The number of amides is 1. The Hall–Kier alpha value is -2.30. The van der Waals surface area contributed by atoms with Crippen molar-refractivity contribution < 1.29 is 19.1 Å². The smallest absolute Gasteiger partial charge is 0.331 e. The van der Waals surface area contributed by atoms with Crippen molar-refractivity contribution in [2.24, 2.45) is 5.92 Å². The van der Waals surface area contributed by atoms with Gasteiger partial charge < -0.3 is 14.8 Å². The number of benzene rings is 1. The molecular formula is C17H23NO4. The van der Waals surface area contributed by atoms with Gasteiger partial charge in [0.25, 0.3) is 5.91 Å². The molecule has 1 rings (SSSR count). The number of ether oxygens (including phenoxy) is 2. The minimum Gasteiger partial charge on any atom is -0.494 e. The Bertz CT molecular complexity index is 506. The van der Waals surface area contributed by atoms with Gasteiger partial charge in [0.2, 0.25) is 0 Å². The van der Waals surface area contributed by atoms with Crippen molar-refractivity contribution in [2.75, 3.05) is 19.8 Å². The molecule has 0 aliphatic heterocycles. The van der Waals surface area contributed by atoms with Crippen molar-refractivity contribution >= 4 is 18.0 Å². The molecule has 0 radical (unpaired) electrons. The number of carbonyl (C=O) groups excluding carboxylic acids is 2. The first kappa shape index (κ1) is 17.8. The van der Waals surface area contributed by atoms with E-state index in [1.165, 1.54) is 6.08 Å². The van der Waals surface area contributed by atoms with E-state index >= 15 is 0 Å². The molecule has 22 heavy (non-hydrogen) atoms. The summed E-state index contributed by atoms with van der Waals surface area (Å²) in [7, 11) is 0. The number of rotatable bonds is 8. The first-order chi connectivity index (χ1) is 10.5. The van der Waals surface area contributed by atoms with Gasteiger partial charge in [-0.1, -0.05) is 26.0 Å². The molecule has 1 aromatic carbocycles. The first-order valence-corrected chi connectivity index (χ1v) is 7.35. The number of nitrogens with one attached hydrogen (secondary N) is 1. The van der Waals surface area contributed by atoms with E-state index in [9.17, 15) is 9.59 Å². The minimum atomic E-state index is -0.548. The highest BCUT2D eigenvalue weighted by molar-refractivity contribution is 5.89. The van der Waals surface area contributed by atoms with Crippen LogP contribution in [0.15, 0.2) is 30.3 Å².